The number of nitrogens with zero attached hydrogens (tertiary/aromatic N) is 3. The van der Waals surface area contributed by atoms with E-state index in [0.29, 0.717) is 6.54 Å². The zero-order valence-electron chi connectivity index (χ0n) is 22.9. The highest BCUT2D eigenvalue weighted by atomic mass is 16.3. The lowest BCUT2D eigenvalue weighted by molar-refractivity contribution is 0.493. The van der Waals surface area contributed by atoms with Crippen LogP contribution in [0.4, 0.5) is 0 Å². The number of benzene rings is 2. The highest BCUT2D eigenvalue weighted by Gasteiger charge is 2.26. The predicted molar refractivity (Wildman–Crippen MR) is 143 cm³/mol. The summed E-state index contributed by atoms with van der Waals surface area (Å²) in [5, 5.41) is 0. The Bertz CT molecular complexity index is 1350. The van der Waals surface area contributed by atoms with E-state index in [-0.39, 0.29) is 22.2 Å². The Kier molecular flexibility index (Phi) is 5.74. The number of imidazole rings is 1. The van der Waals surface area contributed by atoms with E-state index in [1.54, 1.807) is 0 Å². The lowest BCUT2D eigenvalue weighted by atomic mass is 9.85. The SMILES string of the molecule is CC(C)c1nc2cc(C(C)(C)C)cc(Cn3c(C(C)(C)C)nc4ccc(C(C)(C)C)cc43)c2o1. The van der Waals surface area contributed by atoms with Crippen LogP contribution in [0.2, 0.25) is 0 Å². The van der Waals surface area contributed by atoms with Gasteiger partial charge in [-0.05, 0) is 46.2 Å². The Morgan fingerprint density at radius 3 is 1.97 bits per heavy atom. The molecule has 2 aromatic carbocycles. The van der Waals surface area contributed by atoms with Crippen LogP contribution in [0.15, 0.2) is 34.7 Å². The molecule has 0 bridgehead atoms. The minimum atomic E-state index is -0.0911. The van der Waals surface area contributed by atoms with E-state index in [4.69, 9.17) is 14.4 Å². The standard InChI is InChI=1S/C30H41N3O/c1-18(2)26-31-23-15-21(29(6,7)8)14-19(25(23)34-26)17-33-24-16-20(28(3,4)5)12-13-22(24)32-27(33)30(9,10)11/h12-16,18H,17H2,1-11H3. The van der Waals surface area contributed by atoms with Gasteiger partial charge in [0, 0.05) is 16.9 Å². The first-order valence-corrected chi connectivity index (χ1v) is 12.5. The first-order valence-electron chi connectivity index (χ1n) is 12.5. The van der Waals surface area contributed by atoms with Crippen LogP contribution >= 0.6 is 0 Å². The van der Waals surface area contributed by atoms with Crippen LogP contribution in [0, 0.1) is 0 Å². The number of fused-ring (bicyclic) bond motifs is 2. The smallest absolute Gasteiger partial charge is 0.198 e. The lowest BCUT2D eigenvalue weighted by Crippen LogP contribution is -2.20. The van der Waals surface area contributed by atoms with Gasteiger partial charge in [-0.15, -0.1) is 0 Å². The van der Waals surface area contributed by atoms with Gasteiger partial charge in [0.05, 0.1) is 17.6 Å². The molecule has 0 amide bonds. The molecular weight excluding hydrogens is 418 g/mol. The summed E-state index contributed by atoms with van der Waals surface area (Å²) in [6.07, 6.45) is 0. The van der Waals surface area contributed by atoms with Gasteiger partial charge < -0.3 is 8.98 Å². The monoisotopic (exact) mass is 459 g/mol. The molecule has 0 unspecified atom stereocenters. The maximum absolute atomic E-state index is 6.35. The quantitative estimate of drug-likeness (QED) is 0.310. The number of aromatic nitrogens is 3. The molecule has 0 aliphatic carbocycles. The van der Waals surface area contributed by atoms with Gasteiger partial charge in [-0.25, -0.2) is 9.97 Å². The van der Waals surface area contributed by atoms with Crippen LogP contribution in [0.5, 0.6) is 0 Å². The average molecular weight is 460 g/mol. The van der Waals surface area contributed by atoms with Crippen LogP contribution in [-0.4, -0.2) is 14.5 Å². The lowest BCUT2D eigenvalue weighted by Gasteiger charge is -2.23. The first kappa shape index (κ1) is 24.5. The van der Waals surface area contributed by atoms with Crippen molar-refractivity contribution in [1.29, 1.82) is 0 Å². The molecule has 0 aliphatic rings. The van der Waals surface area contributed by atoms with E-state index in [9.17, 15) is 0 Å². The highest BCUT2D eigenvalue weighted by Crippen LogP contribution is 2.35. The van der Waals surface area contributed by atoms with Crippen LogP contribution in [-0.2, 0) is 22.8 Å². The summed E-state index contributed by atoms with van der Waals surface area (Å²) in [5.41, 5.74) is 7.81. The molecule has 4 aromatic rings. The van der Waals surface area contributed by atoms with Gasteiger partial charge in [0.15, 0.2) is 11.5 Å². The van der Waals surface area contributed by atoms with Gasteiger partial charge in [-0.2, -0.15) is 0 Å². The molecule has 2 aromatic heterocycles. The third-order valence-electron chi connectivity index (χ3n) is 6.56. The van der Waals surface area contributed by atoms with E-state index >= 15 is 0 Å². The summed E-state index contributed by atoms with van der Waals surface area (Å²) in [4.78, 5) is 9.97. The van der Waals surface area contributed by atoms with Crippen molar-refractivity contribution in [2.24, 2.45) is 0 Å². The van der Waals surface area contributed by atoms with E-state index in [2.05, 4.69) is 111 Å². The third-order valence-corrected chi connectivity index (χ3v) is 6.56. The topological polar surface area (TPSA) is 43.9 Å². The fraction of sp³-hybridized carbons (Fsp3) is 0.533. The largest absolute Gasteiger partial charge is 0.440 e. The average Bonchev–Trinajstić information content (AvgIpc) is 3.28. The summed E-state index contributed by atoms with van der Waals surface area (Å²) in [6, 6.07) is 11.2. The number of rotatable bonds is 3. The molecule has 0 aliphatic heterocycles. The Labute approximate surface area is 204 Å². The molecule has 0 N–H and O–H groups in total. The van der Waals surface area contributed by atoms with Crippen molar-refractivity contribution in [3.63, 3.8) is 0 Å². The fourth-order valence-electron chi connectivity index (χ4n) is 4.41. The van der Waals surface area contributed by atoms with Crippen LogP contribution < -0.4 is 0 Å². The molecule has 4 nitrogen and oxygen atoms in total. The summed E-state index contributed by atoms with van der Waals surface area (Å²) in [5.74, 6) is 2.13. The first-order chi connectivity index (χ1) is 15.6. The van der Waals surface area contributed by atoms with Gasteiger partial charge >= 0.3 is 0 Å². The van der Waals surface area contributed by atoms with E-state index in [1.807, 2.05) is 0 Å². The molecule has 0 saturated carbocycles. The molecule has 2 heterocycles. The van der Waals surface area contributed by atoms with Crippen molar-refractivity contribution in [1.82, 2.24) is 14.5 Å². The minimum Gasteiger partial charge on any atom is -0.440 e. The van der Waals surface area contributed by atoms with Gasteiger partial charge in [0.1, 0.15) is 11.3 Å². The molecular formula is C30H41N3O. The van der Waals surface area contributed by atoms with E-state index in [1.165, 1.54) is 16.6 Å². The molecule has 0 spiro atoms. The molecule has 4 rings (SSSR count). The number of hydrogen-bond donors (Lipinski definition) is 0. The predicted octanol–water partition coefficient (Wildman–Crippen LogP) is 8.24. The summed E-state index contributed by atoms with van der Waals surface area (Å²) in [7, 11) is 0. The van der Waals surface area contributed by atoms with Crippen LogP contribution in [0.25, 0.3) is 22.1 Å². The molecule has 0 saturated heterocycles. The van der Waals surface area contributed by atoms with Gasteiger partial charge in [0.2, 0.25) is 0 Å². The fourth-order valence-corrected chi connectivity index (χ4v) is 4.41. The summed E-state index contributed by atoms with van der Waals surface area (Å²) >= 11 is 0. The van der Waals surface area contributed by atoms with Crippen molar-refractivity contribution in [2.75, 3.05) is 0 Å². The Balaban J connectivity index is 1.99. The maximum Gasteiger partial charge on any atom is 0.198 e. The zero-order chi connectivity index (χ0) is 25.2. The second-order valence-electron chi connectivity index (χ2n) is 13.2. The van der Waals surface area contributed by atoms with Crippen molar-refractivity contribution >= 4 is 22.1 Å². The third kappa shape index (κ3) is 4.52. The second-order valence-corrected chi connectivity index (χ2v) is 13.2. The van der Waals surface area contributed by atoms with Crippen molar-refractivity contribution in [3.8, 4) is 0 Å². The highest BCUT2D eigenvalue weighted by molar-refractivity contribution is 5.80. The maximum atomic E-state index is 6.35. The minimum absolute atomic E-state index is 0.0170. The van der Waals surface area contributed by atoms with Gasteiger partial charge in [-0.3, -0.25) is 0 Å². The van der Waals surface area contributed by atoms with Gasteiger partial charge in [0.25, 0.3) is 0 Å². The molecule has 0 radical (unpaired) electrons. The second kappa shape index (κ2) is 7.96. The van der Waals surface area contributed by atoms with Crippen LogP contribution in [0.3, 0.4) is 0 Å². The molecule has 4 heteroatoms. The van der Waals surface area contributed by atoms with E-state index in [0.717, 1.165) is 33.9 Å². The normalized spacial score (nSPS) is 13.5. The van der Waals surface area contributed by atoms with E-state index < -0.39 is 0 Å². The molecule has 0 atom stereocenters. The van der Waals surface area contributed by atoms with Crippen molar-refractivity contribution < 1.29 is 4.42 Å². The number of oxazole rings is 1. The Hall–Kier alpha value is -2.62. The Morgan fingerprint density at radius 1 is 0.765 bits per heavy atom. The summed E-state index contributed by atoms with van der Waals surface area (Å²) in [6.45, 7) is 25.2. The molecule has 0 fully saturated rings. The number of hydrogen-bond acceptors (Lipinski definition) is 3. The van der Waals surface area contributed by atoms with Crippen LogP contribution in [0.1, 0.15) is 110 Å². The van der Waals surface area contributed by atoms with Crippen molar-refractivity contribution in [2.45, 2.75) is 105 Å². The molecule has 182 valence electrons. The van der Waals surface area contributed by atoms with Gasteiger partial charge in [-0.1, -0.05) is 82.2 Å². The summed E-state index contributed by atoms with van der Waals surface area (Å²) < 4.78 is 8.74. The van der Waals surface area contributed by atoms with Crippen molar-refractivity contribution in [3.05, 3.63) is 58.7 Å². The Morgan fingerprint density at radius 2 is 1.41 bits per heavy atom. The zero-order valence-corrected chi connectivity index (χ0v) is 22.9. The molecule has 34 heavy (non-hydrogen) atoms.